The van der Waals surface area contributed by atoms with Gasteiger partial charge in [0.2, 0.25) is 11.5 Å². The molecule has 0 saturated carbocycles. The van der Waals surface area contributed by atoms with Gasteiger partial charge < -0.3 is 28.4 Å². The smallest absolute Gasteiger partial charge is 0.312 e. The van der Waals surface area contributed by atoms with E-state index in [1.54, 1.807) is 49.6 Å². The van der Waals surface area contributed by atoms with Crippen molar-refractivity contribution in [2.24, 2.45) is 0 Å². The molecule has 0 N–H and O–H groups in total. The highest BCUT2D eigenvalue weighted by Gasteiger charge is 2.39. The van der Waals surface area contributed by atoms with Crippen LogP contribution in [0.3, 0.4) is 0 Å². The van der Waals surface area contributed by atoms with Gasteiger partial charge in [-0.25, -0.2) is 0 Å². The van der Waals surface area contributed by atoms with Crippen LogP contribution in [-0.2, 0) is 4.79 Å². The van der Waals surface area contributed by atoms with Crippen molar-refractivity contribution in [1.29, 1.82) is 0 Å². The molecule has 3 aromatic carbocycles. The third-order valence-corrected chi connectivity index (χ3v) is 6.28. The fraction of sp³-hybridized carbons (Fsp3) is 0.214. The molecule has 8 heteroatoms. The molecule has 0 fully saturated rings. The van der Waals surface area contributed by atoms with Gasteiger partial charge in [0.05, 0.1) is 40.4 Å². The van der Waals surface area contributed by atoms with Crippen molar-refractivity contribution in [3.63, 3.8) is 0 Å². The van der Waals surface area contributed by atoms with E-state index in [2.05, 4.69) is 0 Å². The van der Waals surface area contributed by atoms with Crippen LogP contribution in [0.4, 0.5) is 0 Å². The fourth-order valence-corrected chi connectivity index (χ4v) is 4.54. The number of hydrogen-bond acceptors (Lipinski definition) is 8. The maximum absolute atomic E-state index is 13.2. The summed E-state index contributed by atoms with van der Waals surface area (Å²) in [6.07, 6.45) is 1.73. The highest BCUT2D eigenvalue weighted by molar-refractivity contribution is 6.15. The standard InChI is InChI=1S/C28H24O8/c1-31-17-7-5-15(6-8-17)11-21-26(30)18-9-10-20-25(27(18)36-21)19(14-24(29)35-20)16-12-22(32-2)28(34-4)23(13-16)33-3/h5-13,19H,14H2,1-4H3/b21-11-/t19-/m1/s1. The van der Waals surface area contributed by atoms with Gasteiger partial charge in [-0.15, -0.1) is 0 Å². The van der Waals surface area contributed by atoms with E-state index in [1.165, 1.54) is 21.3 Å². The van der Waals surface area contributed by atoms with Gasteiger partial charge in [-0.05, 0) is 53.6 Å². The predicted octanol–water partition coefficient (Wildman–Crippen LogP) is 4.78. The number of ether oxygens (including phenoxy) is 6. The number of methoxy groups -OCH3 is 4. The van der Waals surface area contributed by atoms with Crippen molar-refractivity contribution in [3.05, 3.63) is 76.5 Å². The molecule has 3 aromatic rings. The number of carbonyl (C=O) groups excluding carboxylic acids is 2. The van der Waals surface area contributed by atoms with Gasteiger partial charge in [-0.3, -0.25) is 9.59 Å². The molecule has 0 bridgehead atoms. The Hall–Kier alpha value is -4.46. The van der Waals surface area contributed by atoms with Crippen LogP contribution in [0.5, 0.6) is 34.5 Å². The van der Waals surface area contributed by atoms with E-state index in [0.717, 1.165) is 11.1 Å². The van der Waals surface area contributed by atoms with Crippen LogP contribution in [0.2, 0.25) is 0 Å². The van der Waals surface area contributed by atoms with E-state index in [0.29, 0.717) is 45.6 Å². The first-order chi connectivity index (χ1) is 17.5. The molecule has 0 unspecified atom stereocenters. The minimum Gasteiger partial charge on any atom is -0.497 e. The lowest BCUT2D eigenvalue weighted by Crippen LogP contribution is -2.21. The number of Topliss-reactive ketones (excluding diaryl/α,β-unsaturated/α-hetero) is 1. The van der Waals surface area contributed by atoms with Gasteiger partial charge in [0, 0.05) is 11.5 Å². The molecule has 1 atom stereocenters. The van der Waals surface area contributed by atoms with E-state index in [1.807, 2.05) is 12.1 Å². The predicted molar refractivity (Wildman–Crippen MR) is 131 cm³/mol. The fourth-order valence-electron chi connectivity index (χ4n) is 4.54. The molecule has 0 saturated heterocycles. The average molecular weight is 488 g/mol. The number of benzene rings is 3. The Bertz CT molecular complexity index is 1360. The Morgan fingerprint density at radius 2 is 1.53 bits per heavy atom. The Morgan fingerprint density at radius 3 is 2.14 bits per heavy atom. The lowest BCUT2D eigenvalue weighted by Gasteiger charge is -2.27. The molecule has 8 nitrogen and oxygen atoms in total. The van der Waals surface area contributed by atoms with Crippen LogP contribution >= 0.6 is 0 Å². The minimum atomic E-state index is -0.460. The maximum atomic E-state index is 13.2. The summed E-state index contributed by atoms with van der Waals surface area (Å²) in [6.45, 7) is 0. The summed E-state index contributed by atoms with van der Waals surface area (Å²) in [5.74, 6) is 1.88. The molecule has 0 spiro atoms. The first-order valence-corrected chi connectivity index (χ1v) is 11.2. The Balaban J connectivity index is 1.61. The molecular weight excluding hydrogens is 464 g/mol. The quantitative estimate of drug-likeness (QED) is 0.278. The van der Waals surface area contributed by atoms with Crippen LogP contribution in [-0.4, -0.2) is 40.2 Å². The summed E-state index contributed by atoms with van der Waals surface area (Å²) < 4.78 is 33.3. The third kappa shape index (κ3) is 3.90. The molecule has 184 valence electrons. The van der Waals surface area contributed by atoms with Crippen molar-refractivity contribution in [3.8, 4) is 34.5 Å². The molecule has 0 amide bonds. The zero-order chi connectivity index (χ0) is 25.4. The van der Waals surface area contributed by atoms with Gasteiger partial charge in [0.25, 0.3) is 0 Å². The Morgan fingerprint density at radius 1 is 0.833 bits per heavy atom. The SMILES string of the molecule is COc1ccc(/C=C2\Oc3c(ccc4c3[C@@H](c3cc(OC)c(OC)c(OC)c3)CC(=O)O4)C2=O)cc1. The molecule has 2 aliphatic heterocycles. The monoisotopic (exact) mass is 488 g/mol. The number of ketones is 1. The molecule has 0 aromatic heterocycles. The molecule has 0 radical (unpaired) electrons. The topological polar surface area (TPSA) is 89.5 Å². The number of rotatable bonds is 6. The summed E-state index contributed by atoms with van der Waals surface area (Å²) in [6, 6.07) is 14.1. The van der Waals surface area contributed by atoms with Gasteiger partial charge in [0.15, 0.2) is 17.3 Å². The minimum absolute atomic E-state index is 0.0527. The summed E-state index contributed by atoms with van der Waals surface area (Å²) in [5, 5.41) is 0. The van der Waals surface area contributed by atoms with E-state index >= 15 is 0 Å². The Kier molecular flexibility index (Phi) is 6.01. The van der Waals surface area contributed by atoms with Crippen LogP contribution in [0.15, 0.2) is 54.3 Å². The summed E-state index contributed by atoms with van der Waals surface area (Å²) in [4.78, 5) is 25.7. The summed E-state index contributed by atoms with van der Waals surface area (Å²) in [7, 11) is 6.17. The largest absolute Gasteiger partial charge is 0.497 e. The zero-order valence-corrected chi connectivity index (χ0v) is 20.2. The molecule has 2 heterocycles. The Labute approximate surface area is 207 Å². The van der Waals surface area contributed by atoms with Crippen molar-refractivity contribution in [2.45, 2.75) is 12.3 Å². The van der Waals surface area contributed by atoms with Crippen molar-refractivity contribution >= 4 is 17.8 Å². The summed E-state index contributed by atoms with van der Waals surface area (Å²) in [5.41, 5.74) is 2.55. The second-order valence-electron chi connectivity index (χ2n) is 8.26. The van der Waals surface area contributed by atoms with E-state index in [-0.39, 0.29) is 23.9 Å². The molecule has 0 aliphatic carbocycles. The maximum Gasteiger partial charge on any atom is 0.312 e. The number of esters is 1. The van der Waals surface area contributed by atoms with Crippen LogP contribution in [0.25, 0.3) is 6.08 Å². The van der Waals surface area contributed by atoms with Gasteiger partial charge >= 0.3 is 5.97 Å². The van der Waals surface area contributed by atoms with Gasteiger partial charge in [-0.2, -0.15) is 0 Å². The average Bonchev–Trinajstić information content (AvgIpc) is 3.22. The lowest BCUT2D eigenvalue weighted by molar-refractivity contribution is -0.135. The van der Waals surface area contributed by atoms with E-state index in [4.69, 9.17) is 28.4 Å². The highest BCUT2D eigenvalue weighted by atomic mass is 16.5. The van der Waals surface area contributed by atoms with Crippen LogP contribution < -0.4 is 28.4 Å². The summed E-state index contributed by atoms with van der Waals surface area (Å²) >= 11 is 0. The molecule has 5 rings (SSSR count). The van der Waals surface area contributed by atoms with Crippen LogP contribution in [0, 0.1) is 0 Å². The molecular formula is C28H24O8. The van der Waals surface area contributed by atoms with Crippen LogP contribution in [0.1, 0.15) is 39.4 Å². The highest BCUT2D eigenvalue weighted by Crippen LogP contribution is 2.51. The first-order valence-electron chi connectivity index (χ1n) is 11.2. The molecule has 2 aliphatic rings. The van der Waals surface area contributed by atoms with Crippen molar-refractivity contribution < 1.29 is 38.0 Å². The molecule has 36 heavy (non-hydrogen) atoms. The second kappa shape index (κ2) is 9.30. The van der Waals surface area contributed by atoms with E-state index < -0.39 is 5.92 Å². The van der Waals surface area contributed by atoms with Crippen molar-refractivity contribution in [1.82, 2.24) is 0 Å². The van der Waals surface area contributed by atoms with E-state index in [9.17, 15) is 9.59 Å². The van der Waals surface area contributed by atoms with Gasteiger partial charge in [0.1, 0.15) is 17.2 Å². The number of fused-ring (bicyclic) bond motifs is 3. The lowest BCUT2D eigenvalue weighted by atomic mass is 9.84. The second-order valence-corrected chi connectivity index (χ2v) is 8.26. The van der Waals surface area contributed by atoms with Crippen molar-refractivity contribution in [2.75, 3.05) is 28.4 Å². The normalized spacial score (nSPS) is 17.1. The van der Waals surface area contributed by atoms with Gasteiger partial charge in [-0.1, -0.05) is 12.1 Å². The number of hydrogen-bond donors (Lipinski definition) is 0. The number of carbonyl (C=O) groups is 2. The zero-order valence-electron chi connectivity index (χ0n) is 20.2. The third-order valence-electron chi connectivity index (χ3n) is 6.28. The first kappa shape index (κ1) is 23.3. The number of allylic oxidation sites excluding steroid dienone is 1.